The summed E-state index contributed by atoms with van der Waals surface area (Å²) < 4.78 is 11.2. The van der Waals surface area contributed by atoms with Crippen LogP contribution < -0.4 is 4.74 Å². The van der Waals surface area contributed by atoms with Crippen LogP contribution in [0.2, 0.25) is 0 Å². The third-order valence-corrected chi connectivity index (χ3v) is 6.96. The Bertz CT molecular complexity index is 1210. The van der Waals surface area contributed by atoms with Gasteiger partial charge in [-0.25, -0.2) is 9.79 Å². The van der Waals surface area contributed by atoms with Crippen LogP contribution in [-0.2, 0) is 20.9 Å². The first-order valence-corrected chi connectivity index (χ1v) is 12.3. The van der Waals surface area contributed by atoms with Gasteiger partial charge in [0.25, 0.3) is 0 Å². The predicted molar refractivity (Wildman–Crippen MR) is 138 cm³/mol. The van der Waals surface area contributed by atoms with Crippen LogP contribution in [0.3, 0.4) is 0 Å². The highest BCUT2D eigenvalue weighted by atomic mass is 32.2. The number of benzene rings is 2. The van der Waals surface area contributed by atoms with Crippen LogP contribution in [-0.4, -0.2) is 47.5 Å². The van der Waals surface area contributed by atoms with Crippen LogP contribution in [0.25, 0.3) is 0 Å². The van der Waals surface area contributed by atoms with E-state index in [1.807, 2.05) is 78.8 Å². The number of carbonyl (C=O) groups excluding carboxylic acids is 2. The number of allylic oxidation sites excluding steroid dienone is 1. The zero-order valence-electron chi connectivity index (χ0n) is 20.4. The van der Waals surface area contributed by atoms with Crippen molar-refractivity contribution < 1.29 is 19.1 Å². The Morgan fingerprint density at radius 1 is 1.14 bits per heavy atom. The van der Waals surface area contributed by atoms with Crippen molar-refractivity contribution in [1.29, 1.82) is 0 Å². The Morgan fingerprint density at radius 3 is 2.63 bits per heavy atom. The number of aliphatic imine (C=N–C) groups is 1. The molecule has 2 aromatic carbocycles. The number of amides is 1. The Labute approximate surface area is 210 Å². The number of ether oxygens (including phenoxy) is 2. The molecule has 0 bridgehead atoms. The van der Waals surface area contributed by atoms with Gasteiger partial charge in [-0.1, -0.05) is 54.2 Å². The highest BCUT2D eigenvalue weighted by Crippen LogP contribution is 2.45. The van der Waals surface area contributed by atoms with Crippen molar-refractivity contribution in [3.8, 4) is 5.75 Å². The molecule has 8 heteroatoms. The molecule has 4 rings (SSSR count). The van der Waals surface area contributed by atoms with Crippen molar-refractivity contribution in [3.05, 3.63) is 88.1 Å². The average molecular weight is 492 g/mol. The van der Waals surface area contributed by atoms with Gasteiger partial charge in [0.15, 0.2) is 5.17 Å². The SMILES string of the molecule is CCN(C)C(=O)CC1=CSC2=NC(C)=C(C(=O)OCc3ccccc3)C(c3cccc(OC)c3)N12. The standard InChI is InChI=1S/C27H29N3O4S/c1-5-29(3)23(31)15-21-17-35-27-28-18(2)24(26(32)34-16-19-10-7-6-8-11-19)25(30(21)27)20-12-9-13-22(14-20)33-4/h6-14,17,25H,5,15-16H2,1-4H3. The largest absolute Gasteiger partial charge is 0.497 e. The summed E-state index contributed by atoms with van der Waals surface area (Å²) in [7, 11) is 3.39. The molecule has 1 unspecified atom stereocenters. The van der Waals surface area contributed by atoms with E-state index in [-0.39, 0.29) is 18.9 Å². The maximum absolute atomic E-state index is 13.5. The molecule has 0 spiro atoms. The van der Waals surface area contributed by atoms with E-state index in [2.05, 4.69) is 0 Å². The van der Waals surface area contributed by atoms with Gasteiger partial charge in [0.05, 0.1) is 30.8 Å². The summed E-state index contributed by atoms with van der Waals surface area (Å²) in [4.78, 5) is 34.6. The fourth-order valence-electron chi connectivity index (χ4n) is 4.02. The molecule has 0 N–H and O–H groups in total. The van der Waals surface area contributed by atoms with Crippen LogP contribution in [0.5, 0.6) is 5.75 Å². The van der Waals surface area contributed by atoms with Crippen LogP contribution in [0.15, 0.2) is 82.0 Å². The summed E-state index contributed by atoms with van der Waals surface area (Å²) in [6, 6.07) is 16.7. The van der Waals surface area contributed by atoms with Crippen molar-refractivity contribution in [2.45, 2.75) is 32.9 Å². The van der Waals surface area contributed by atoms with Crippen molar-refractivity contribution in [2.75, 3.05) is 20.7 Å². The van der Waals surface area contributed by atoms with Crippen LogP contribution >= 0.6 is 11.8 Å². The molecular weight excluding hydrogens is 462 g/mol. The number of nitrogens with zero attached hydrogens (tertiary/aromatic N) is 3. The summed E-state index contributed by atoms with van der Waals surface area (Å²) in [6.07, 6.45) is 0.211. The Morgan fingerprint density at radius 2 is 1.91 bits per heavy atom. The summed E-state index contributed by atoms with van der Waals surface area (Å²) in [5.74, 6) is 0.250. The van der Waals surface area contributed by atoms with E-state index in [4.69, 9.17) is 14.5 Å². The number of carbonyl (C=O) groups is 2. The molecule has 1 amide bonds. The topological polar surface area (TPSA) is 71.4 Å². The zero-order valence-corrected chi connectivity index (χ0v) is 21.2. The van der Waals surface area contributed by atoms with Crippen molar-refractivity contribution >= 4 is 28.8 Å². The normalized spacial score (nSPS) is 16.9. The molecule has 2 aromatic rings. The lowest BCUT2D eigenvalue weighted by Crippen LogP contribution is -2.38. The van der Waals surface area contributed by atoms with Gasteiger partial charge in [-0.05, 0) is 42.5 Å². The second kappa shape index (κ2) is 10.8. The van der Waals surface area contributed by atoms with Gasteiger partial charge in [0.2, 0.25) is 5.91 Å². The molecule has 2 aliphatic rings. The number of thioether (sulfide) groups is 1. The highest BCUT2D eigenvalue weighted by Gasteiger charge is 2.41. The average Bonchev–Trinajstić information content (AvgIpc) is 3.28. The minimum atomic E-state index is -0.498. The lowest BCUT2D eigenvalue weighted by Gasteiger charge is -2.36. The first-order valence-electron chi connectivity index (χ1n) is 11.5. The molecule has 0 saturated heterocycles. The van der Waals surface area contributed by atoms with Gasteiger partial charge >= 0.3 is 5.97 Å². The number of fused-ring (bicyclic) bond motifs is 1. The van der Waals surface area contributed by atoms with Gasteiger partial charge in [0.1, 0.15) is 12.4 Å². The molecule has 2 heterocycles. The van der Waals surface area contributed by atoms with Crippen LogP contribution in [0, 0.1) is 0 Å². The van der Waals surface area contributed by atoms with Crippen LogP contribution in [0.4, 0.5) is 0 Å². The molecule has 0 aromatic heterocycles. The van der Waals surface area contributed by atoms with E-state index in [9.17, 15) is 9.59 Å². The lowest BCUT2D eigenvalue weighted by molar-refractivity contribution is -0.141. The molecular formula is C27H29N3O4S. The molecule has 0 saturated carbocycles. The lowest BCUT2D eigenvalue weighted by atomic mass is 9.93. The molecule has 0 radical (unpaired) electrons. The first-order chi connectivity index (χ1) is 16.9. The molecule has 7 nitrogen and oxygen atoms in total. The molecule has 1 atom stereocenters. The van der Waals surface area contributed by atoms with Gasteiger partial charge in [0, 0.05) is 19.3 Å². The highest BCUT2D eigenvalue weighted by molar-refractivity contribution is 8.16. The van der Waals surface area contributed by atoms with E-state index in [0.29, 0.717) is 23.6 Å². The Balaban J connectivity index is 1.71. The van der Waals surface area contributed by atoms with Gasteiger partial charge < -0.3 is 19.3 Å². The maximum Gasteiger partial charge on any atom is 0.338 e. The van der Waals surface area contributed by atoms with Gasteiger partial charge in [-0.15, -0.1) is 0 Å². The summed E-state index contributed by atoms with van der Waals surface area (Å²) in [5, 5.41) is 2.68. The molecule has 182 valence electrons. The van der Waals surface area contributed by atoms with Gasteiger partial charge in [-0.3, -0.25) is 4.79 Å². The fourth-order valence-corrected chi connectivity index (χ4v) is 4.99. The Kier molecular flexibility index (Phi) is 7.60. The molecule has 0 fully saturated rings. The molecule has 35 heavy (non-hydrogen) atoms. The van der Waals surface area contributed by atoms with Crippen LogP contribution in [0.1, 0.15) is 37.4 Å². The summed E-state index contributed by atoms with van der Waals surface area (Å²) >= 11 is 1.46. The number of methoxy groups -OCH3 is 1. The maximum atomic E-state index is 13.5. The quantitative estimate of drug-likeness (QED) is 0.490. The molecule has 0 aliphatic carbocycles. The fraction of sp³-hybridized carbons (Fsp3) is 0.296. The van der Waals surface area contributed by atoms with Gasteiger partial charge in [-0.2, -0.15) is 0 Å². The van der Waals surface area contributed by atoms with Crippen molar-refractivity contribution in [3.63, 3.8) is 0 Å². The van der Waals surface area contributed by atoms with Crippen molar-refractivity contribution in [2.24, 2.45) is 4.99 Å². The predicted octanol–water partition coefficient (Wildman–Crippen LogP) is 4.88. The second-order valence-electron chi connectivity index (χ2n) is 8.32. The minimum Gasteiger partial charge on any atom is -0.497 e. The summed E-state index contributed by atoms with van der Waals surface area (Å²) in [6.45, 7) is 4.55. The third kappa shape index (κ3) is 5.27. The molecule has 2 aliphatic heterocycles. The Hall–Kier alpha value is -3.52. The van der Waals surface area contributed by atoms with E-state index in [0.717, 1.165) is 22.0 Å². The van der Waals surface area contributed by atoms with E-state index in [1.54, 1.807) is 19.1 Å². The number of amidine groups is 1. The number of hydrogen-bond acceptors (Lipinski definition) is 7. The first kappa shape index (κ1) is 24.6. The number of hydrogen-bond donors (Lipinski definition) is 0. The zero-order chi connectivity index (χ0) is 24.9. The van der Waals surface area contributed by atoms with E-state index < -0.39 is 12.0 Å². The third-order valence-electron chi connectivity index (χ3n) is 6.08. The minimum absolute atomic E-state index is 0.00414. The smallest absolute Gasteiger partial charge is 0.338 e. The monoisotopic (exact) mass is 491 g/mol. The summed E-state index contributed by atoms with van der Waals surface area (Å²) in [5.41, 5.74) is 3.60. The number of esters is 1. The number of rotatable bonds is 8. The van der Waals surface area contributed by atoms with E-state index >= 15 is 0 Å². The van der Waals surface area contributed by atoms with E-state index in [1.165, 1.54) is 11.8 Å². The second-order valence-corrected chi connectivity index (χ2v) is 9.15. The van der Waals surface area contributed by atoms with Crippen molar-refractivity contribution in [1.82, 2.24) is 9.80 Å².